The molecule has 0 saturated heterocycles. The number of fused-ring (bicyclic) bond motifs is 1. The van der Waals surface area contributed by atoms with Crippen LogP contribution in [-0.2, 0) is 10.8 Å². The van der Waals surface area contributed by atoms with E-state index in [0.29, 0.717) is 0 Å². The molecule has 1 nitrogen and oxygen atoms in total. The van der Waals surface area contributed by atoms with Gasteiger partial charge >= 0.3 is 0 Å². The van der Waals surface area contributed by atoms with Crippen LogP contribution in [0.15, 0.2) is 182 Å². The molecule has 2 bridgehead atoms. The van der Waals surface area contributed by atoms with E-state index in [4.69, 9.17) is 0 Å². The van der Waals surface area contributed by atoms with Crippen molar-refractivity contribution in [3.8, 4) is 0 Å². The molecular formula is C51H39N. The van der Waals surface area contributed by atoms with Crippen molar-refractivity contribution >= 4 is 27.8 Å². The molecule has 1 heteroatoms. The van der Waals surface area contributed by atoms with Crippen LogP contribution < -0.4 is 4.90 Å². The van der Waals surface area contributed by atoms with Crippen LogP contribution in [0.2, 0.25) is 0 Å². The van der Waals surface area contributed by atoms with Crippen molar-refractivity contribution in [3.05, 3.63) is 243 Å². The number of para-hydroxylation sites is 1. The Balaban J connectivity index is 1.39. The van der Waals surface area contributed by atoms with E-state index >= 15 is 0 Å². The van der Waals surface area contributed by atoms with Crippen molar-refractivity contribution in [2.24, 2.45) is 0 Å². The molecule has 0 unspecified atom stereocenters. The number of benzene rings is 8. The molecule has 0 fully saturated rings. The molecule has 3 aliphatic rings. The number of hydrogen-bond donors (Lipinski definition) is 0. The van der Waals surface area contributed by atoms with Crippen LogP contribution in [0.3, 0.4) is 0 Å². The van der Waals surface area contributed by atoms with E-state index < -0.39 is 10.8 Å². The van der Waals surface area contributed by atoms with E-state index in [9.17, 15) is 0 Å². The van der Waals surface area contributed by atoms with Gasteiger partial charge in [0, 0.05) is 17.1 Å². The average Bonchev–Trinajstić information content (AvgIpc) is 3.19. The van der Waals surface area contributed by atoms with Gasteiger partial charge in [0.05, 0.1) is 10.8 Å². The van der Waals surface area contributed by atoms with Crippen molar-refractivity contribution in [3.63, 3.8) is 0 Å². The van der Waals surface area contributed by atoms with Gasteiger partial charge in [-0.05, 0) is 129 Å². The van der Waals surface area contributed by atoms with Crippen LogP contribution in [0.25, 0.3) is 10.8 Å². The fraction of sp³-hybridized carbons (Fsp3) is 0.0980. The summed E-state index contributed by atoms with van der Waals surface area (Å²) in [7, 11) is 0. The summed E-state index contributed by atoms with van der Waals surface area (Å²) in [6.07, 6.45) is 0. The van der Waals surface area contributed by atoms with Crippen molar-refractivity contribution in [2.75, 3.05) is 4.90 Å². The summed E-state index contributed by atoms with van der Waals surface area (Å²) in [5.74, 6) is 0. The van der Waals surface area contributed by atoms with E-state index in [1.165, 1.54) is 72.0 Å². The maximum Gasteiger partial charge on any atom is 0.0718 e. The number of nitrogens with zero attached hydrogens (tertiary/aromatic N) is 1. The molecule has 0 atom stereocenters. The first-order chi connectivity index (χ1) is 25.5. The van der Waals surface area contributed by atoms with Crippen LogP contribution >= 0.6 is 0 Å². The summed E-state index contributed by atoms with van der Waals surface area (Å²) in [5.41, 5.74) is 17.3. The highest BCUT2D eigenvalue weighted by molar-refractivity contribution is 5.91. The molecule has 0 aromatic heterocycles. The molecule has 0 amide bonds. The minimum atomic E-state index is -0.525. The number of anilines is 3. The van der Waals surface area contributed by atoms with Crippen molar-refractivity contribution < 1.29 is 0 Å². The highest BCUT2D eigenvalue weighted by Gasteiger charge is 2.61. The van der Waals surface area contributed by atoms with Crippen molar-refractivity contribution in [1.82, 2.24) is 0 Å². The van der Waals surface area contributed by atoms with E-state index in [1.807, 2.05) is 0 Å². The van der Waals surface area contributed by atoms with E-state index in [1.54, 1.807) is 0 Å². The monoisotopic (exact) mass is 665 g/mol. The second-order valence-corrected chi connectivity index (χ2v) is 14.6. The largest absolute Gasteiger partial charge is 0.310 e. The first-order valence-electron chi connectivity index (χ1n) is 18.4. The number of aryl methyl sites for hydroxylation is 3. The molecule has 0 radical (unpaired) electrons. The second kappa shape index (κ2) is 11.4. The van der Waals surface area contributed by atoms with Gasteiger partial charge in [-0.2, -0.15) is 0 Å². The molecule has 52 heavy (non-hydrogen) atoms. The molecule has 0 spiro atoms. The predicted octanol–water partition coefficient (Wildman–Crippen LogP) is 12.6. The normalized spacial score (nSPS) is 18.1. The minimum absolute atomic E-state index is 0.488. The lowest BCUT2D eigenvalue weighted by Crippen LogP contribution is -2.53. The first kappa shape index (κ1) is 30.6. The molecule has 0 aliphatic heterocycles. The molecule has 0 heterocycles. The fourth-order valence-electron chi connectivity index (χ4n) is 10.1. The van der Waals surface area contributed by atoms with Gasteiger partial charge in [0.15, 0.2) is 0 Å². The highest BCUT2D eigenvalue weighted by Crippen LogP contribution is 2.68. The molecule has 0 N–H and O–H groups in total. The topological polar surface area (TPSA) is 3.24 Å². The third kappa shape index (κ3) is 3.99. The Morgan fingerprint density at radius 3 is 1.46 bits per heavy atom. The Hall–Kier alpha value is -6.18. The van der Waals surface area contributed by atoms with Gasteiger partial charge in [-0.1, -0.05) is 146 Å². The predicted molar refractivity (Wildman–Crippen MR) is 217 cm³/mol. The molecule has 3 aliphatic carbocycles. The summed E-state index contributed by atoms with van der Waals surface area (Å²) in [6, 6.07) is 67.9. The highest BCUT2D eigenvalue weighted by atomic mass is 15.1. The van der Waals surface area contributed by atoms with Gasteiger partial charge < -0.3 is 4.90 Å². The average molecular weight is 666 g/mol. The molecule has 8 aromatic rings. The lowest BCUT2D eigenvalue weighted by Gasteiger charge is -2.59. The first-order valence-corrected chi connectivity index (χ1v) is 18.4. The van der Waals surface area contributed by atoms with Gasteiger partial charge in [0.1, 0.15) is 0 Å². The lowest BCUT2D eigenvalue weighted by molar-refractivity contribution is 0.548. The number of rotatable bonds is 5. The third-order valence-electron chi connectivity index (χ3n) is 11.9. The third-order valence-corrected chi connectivity index (χ3v) is 11.9. The Morgan fingerprint density at radius 1 is 0.327 bits per heavy atom. The second-order valence-electron chi connectivity index (χ2n) is 14.6. The standard InChI is InChI=1S/C51H39N/c1-34-17-15-27-44-47(34)51(40-23-9-5-10-24-40)48-35(2)18-16-28-45(48)50(44,39-21-7-4-8-22-39)46-33-43(31-36(3)49(46)51)52(41-25-11-6-12-26-41)42-30-29-37-19-13-14-20-38(37)32-42/h4-33H,1-3H3. The van der Waals surface area contributed by atoms with Crippen LogP contribution in [0.5, 0.6) is 0 Å². The van der Waals surface area contributed by atoms with Gasteiger partial charge in [-0.15, -0.1) is 0 Å². The van der Waals surface area contributed by atoms with Crippen LogP contribution in [0.4, 0.5) is 17.1 Å². The fourth-order valence-corrected chi connectivity index (χ4v) is 10.1. The summed E-state index contributed by atoms with van der Waals surface area (Å²) >= 11 is 0. The SMILES string of the molecule is Cc1cccc2c1C1(c3ccccc3)c3c(C)cccc3C2(c2ccccc2)c2cc(N(c3ccccc3)c3ccc4ccccc4c3)cc(C)c21. The lowest BCUT2D eigenvalue weighted by atomic mass is 9.42. The Morgan fingerprint density at radius 2 is 0.846 bits per heavy atom. The van der Waals surface area contributed by atoms with Crippen molar-refractivity contribution in [2.45, 2.75) is 31.6 Å². The van der Waals surface area contributed by atoms with E-state index in [0.717, 1.165) is 17.1 Å². The zero-order valence-electron chi connectivity index (χ0n) is 29.8. The van der Waals surface area contributed by atoms with Crippen LogP contribution in [0.1, 0.15) is 61.2 Å². The smallest absolute Gasteiger partial charge is 0.0718 e. The van der Waals surface area contributed by atoms with Crippen molar-refractivity contribution in [1.29, 1.82) is 0 Å². The molecule has 0 saturated carbocycles. The number of hydrogen-bond acceptors (Lipinski definition) is 1. The zero-order valence-corrected chi connectivity index (χ0v) is 29.8. The van der Waals surface area contributed by atoms with Crippen LogP contribution in [0, 0.1) is 20.8 Å². The quantitative estimate of drug-likeness (QED) is 0.177. The van der Waals surface area contributed by atoms with Gasteiger partial charge in [0.25, 0.3) is 0 Å². The minimum Gasteiger partial charge on any atom is -0.310 e. The molecular weight excluding hydrogens is 627 g/mol. The van der Waals surface area contributed by atoms with E-state index in [-0.39, 0.29) is 0 Å². The Bertz CT molecular complexity index is 2600. The molecule has 248 valence electrons. The summed E-state index contributed by atoms with van der Waals surface area (Å²) < 4.78 is 0. The Kier molecular flexibility index (Phi) is 6.73. The van der Waals surface area contributed by atoms with Gasteiger partial charge in [-0.3, -0.25) is 0 Å². The molecule has 11 rings (SSSR count). The maximum absolute atomic E-state index is 2.53. The maximum atomic E-state index is 2.53. The zero-order chi connectivity index (χ0) is 35.0. The Labute approximate surface area is 306 Å². The summed E-state index contributed by atoms with van der Waals surface area (Å²) in [4.78, 5) is 2.45. The van der Waals surface area contributed by atoms with E-state index in [2.05, 4.69) is 208 Å². The molecule has 8 aromatic carbocycles. The summed E-state index contributed by atoms with van der Waals surface area (Å²) in [6.45, 7) is 6.99. The van der Waals surface area contributed by atoms with Gasteiger partial charge in [0.2, 0.25) is 0 Å². The van der Waals surface area contributed by atoms with Crippen LogP contribution in [-0.4, -0.2) is 0 Å². The summed E-state index contributed by atoms with van der Waals surface area (Å²) in [5, 5.41) is 2.47. The van der Waals surface area contributed by atoms with Gasteiger partial charge in [-0.25, -0.2) is 0 Å².